The Labute approximate surface area is 175 Å². The summed E-state index contributed by atoms with van der Waals surface area (Å²) in [6.07, 6.45) is 2.59. The van der Waals surface area contributed by atoms with Gasteiger partial charge < -0.3 is 14.5 Å². The van der Waals surface area contributed by atoms with E-state index in [1.165, 1.54) is 0 Å². The van der Waals surface area contributed by atoms with E-state index in [2.05, 4.69) is 5.32 Å². The van der Waals surface area contributed by atoms with E-state index in [9.17, 15) is 18.0 Å². The number of rotatable bonds is 4. The molecule has 7 nitrogen and oxygen atoms in total. The smallest absolute Gasteiger partial charge is 0.339 e. The lowest BCUT2D eigenvalue weighted by Crippen LogP contribution is -2.35. The Hall–Kier alpha value is -2.35. The maximum Gasteiger partial charge on any atom is 0.339 e. The SMILES string of the molecule is Cc1c(CCC(=O)NC2CCS(=O)(=O)C2)c(=O)oc2cc3c(cc12)CCC(C)(C)O3. The van der Waals surface area contributed by atoms with E-state index in [0.717, 1.165) is 35.1 Å². The summed E-state index contributed by atoms with van der Waals surface area (Å²) >= 11 is 0. The molecular weight excluding hydrogens is 406 g/mol. The van der Waals surface area contributed by atoms with E-state index in [1.807, 2.05) is 26.8 Å². The predicted molar refractivity (Wildman–Crippen MR) is 114 cm³/mol. The van der Waals surface area contributed by atoms with E-state index in [1.54, 1.807) is 6.07 Å². The van der Waals surface area contributed by atoms with Gasteiger partial charge in [-0.05, 0) is 63.6 Å². The Bertz CT molecular complexity index is 1180. The molecule has 1 saturated heterocycles. The van der Waals surface area contributed by atoms with E-state index >= 15 is 0 Å². The Kier molecular flexibility index (Phi) is 5.16. The summed E-state index contributed by atoms with van der Waals surface area (Å²) in [5.74, 6) is 0.591. The van der Waals surface area contributed by atoms with Gasteiger partial charge in [0.25, 0.3) is 0 Å². The Morgan fingerprint density at radius 3 is 2.77 bits per heavy atom. The highest BCUT2D eigenvalue weighted by atomic mass is 32.2. The molecule has 2 aromatic rings. The third kappa shape index (κ3) is 4.24. The summed E-state index contributed by atoms with van der Waals surface area (Å²) in [5, 5.41) is 3.62. The summed E-state index contributed by atoms with van der Waals surface area (Å²) in [6.45, 7) is 5.95. The number of ether oxygens (including phenoxy) is 1. The number of nitrogens with one attached hydrogen (secondary N) is 1. The summed E-state index contributed by atoms with van der Waals surface area (Å²) in [5.41, 5.74) is 2.16. The first-order valence-electron chi connectivity index (χ1n) is 10.3. The lowest BCUT2D eigenvalue weighted by molar-refractivity contribution is -0.121. The number of benzene rings is 1. The number of sulfone groups is 1. The molecule has 0 saturated carbocycles. The van der Waals surface area contributed by atoms with Crippen LogP contribution in [0.15, 0.2) is 21.3 Å². The van der Waals surface area contributed by atoms with Crippen LogP contribution in [0.25, 0.3) is 11.0 Å². The number of hydrogen-bond acceptors (Lipinski definition) is 6. The van der Waals surface area contributed by atoms with Crippen molar-refractivity contribution in [1.82, 2.24) is 5.32 Å². The number of carbonyl (C=O) groups excluding carboxylic acids is 1. The second kappa shape index (κ2) is 7.41. The molecule has 1 unspecified atom stereocenters. The van der Waals surface area contributed by atoms with Crippen molar-refractivity contribution in [3.05, 3.63) is 39.2 Å². The average Bonchev–Trinajstić information content (AvgIpc) is 2.98. The molecule has 1 atom stereocenters. The maximum absolute atomic E-state index is 12.6. The molecule has 1 fully saturated rings. The van der Waals surface area contributed by atoms with Crippen molar-refractivity contribution in [3.8, 4) is 5.75 Å². The van der Waals surface area contributed by atoms with Gasteiger partial charge in [-0.3, -0.25) is 4.79 Å². The minimum atomic E-state index is -3.05. The second-order valence-electron chi connectivity index (χ2n) is 8.98. The highest BCUT2D eigenvalue weighted by Gasteiger charge is 2.29. The van der Waals surface area contributed by atoms with E-state index in [0.29, 0.717) is 17.6 Å². The summed E-state index contributed by atoms with van der Waals surface area (Å²) < 4.78 is 34.7. The molecule has 0 spiro atoms. The summed E-state index contributed by atoms with van der Waals surface area (Å²) in [7, 11) is -3.05. The highest BCUT2D eigenvalue weighted by Crippen LogP contribution is 2.36. The van der Waals surface area contributed by atoms with Crippen LogP contribution in [0.3, 0.4) is 0 Å². The fourth-order valence-electron chi connectivity index (χ4n) is 4.27. The Balaban J connectivity index is 1.53. The first kappa shape index (κ1) is 20.9. The Morgan fingerprint density at radius 1 is 1.30 bits per heavy atom. The normalized spacial score (nSPS) is 21.8. The van der Waals surface area contributed by atoms with Crippen molar-refractivity contribution in [1.29, 1.82) is 0 Å². The minimum Gasteiger partial charge on any atom is -0.487 e. The van der Waals surface area contributed by atoms with Crippen molar-refractivity contribution in [2.75, 3.05) is 11.5 Å². The zero-order chi connectivity index (χ0) is 21.7. The van der Waals surface area contributed by atoms with Crippen molar-refractivity contribution in [3.63, 3.8) is 0 Å². The molecule has 1 N–H and O–H groups in total. The number of carbonyl (C=O) groups is 1. The monoisotopic (exact) mass is 433 g/mol. The van der Waals surface area contributed by atoms with Gasteiger partial charge in [-0.1, -0.05) is 0 Å². The van der Waals surface area contributed by atoms with Crippen LogP contribution in [-0.2, 0) is 27.5 Å². The van der Waals surface area contributed by atoms with Crippen LogP contribution >= 0.6 is 0 Å². The fourth-order valence-corrected chi connectivity index (χ4v) is 5.95. The van der Waals surface area contributed by atoms with Crippen LogP contribution in [0.4, 0.5) is 0 Å². The predicted octanol–water partition coefficient (Wildman–Crippen LogP) is 2.44. The maximum atomic E-state index is 12.6. The zero-order valence-corrected chi connectivity index (χ0v) is 18.4. The van der Waals surface area contributed by atoms with Gasteiger partial charge >= 0.3 is 5.63 Å². The summed E-state index contributed by atoms with van der Waals surface area (Å²) in [6, 6.07) is 3.47. The first-order valence-corrected chi connectivity index (χ1v) is 12.1. The molecule has 162 valence electrons. The largest absolute Gasteiger partial charge is 0.487 e. The fraction of sp³-hybridized carbons (Fsp3) is 0.545. The molecule has 3 heterocycles. The van der Waals surface area contributed by atoms with Gasteiger partial charge in [0.2, 0.25) is 5.91 Å². The first-order chi connectivity index (χ1) is 14.0. The lowest BCUT2D eigenvalue weighted by Gasteiger charge is -2.32. The van der Waals surface area contributed by atoms with Gasteiger partial charge in [0.1, 0.15) is 16.9 Å². The molecule has 1 aromatic carbocycles. The zero-order valence-electron chi connectivity index (χ0n) is 17.5. The standard InChI is InChI=1S/C22H27NO6S/c1-13-16(4-5-20(24)23-15-7-9-30(26,27)12-15)21(25)28-19-11-18-14(10-17(13)19)6-8-22(2,3)29-18/h10-11,15H,4-9,12H2,1-3H3,(H,23,24). The van der Waals surface area contributed by atoms with Gasteiger partial charge in [-0.25, -0.2) is 13.2 Å². The van der Waals surface area contributed by atoms with E-state index < -0.39 is 15.5 Å². The molecule has 4 rings (SSSR count). The second-order valence-corrected chi connectivity index (χ2v) is 11.2. The van der Waals surface area contributed by atoms with Gasteiger partial charge in [0.05, 0.1) is 11.5 Å². The van der Waals surface area contributed by atoms with Crippen molar-refractivity contribution in [2.24, 2.45) is 0 Å². The van der Waals surface area contributed by atoms with E-state index in [4.69, 9.17) is 9.15 Å². The number of aryl methyl sites for hydroxylation is 2. The van der Waals surface area contributed by atoms with Crippen LogP contribution in [0, 0.1) is 6.92 Å². The quantitative estimate of drug-likeness (QED) is 0.743. The van der Waals surface area contributed by atoms with Gasteiger partial charge in [-0.15, -0.1) is 0 Å². The minimum absolute atomic E-state index is 0.0140. The van der Waals surface area contributed by atoms with Crippen molar-refractivity contribution in [2.45, 2.75) is 64.5 Å². The van der Waals surface area contributed by atoms with Crippen LogP contribution in [-0.4, -0.2) is 37.5 Å². The van der Waals surface area contributed by atoms with Gasteiger partial charge in [0.15, 0.2) is 9.84 Å². The molecule has 8 heteroatoms. The van der Waals surface area contributed by atoms with Crippen LogP contribution < -0.4 is 15.7 Å². The van der Waals surface area contributed by atoms with Gasteiger partial charge in [0, 0.05) is 29.5 Å². The number of fused-ring (bicyclic) bond motifs is 2. The van der Waals surface area contributed by atoms with Crippen LogP contribution in [0.2, 0.25) is 0 Å². The molecule has 1 amide bonds. The molecule has 2 aliphatic rings. The van der Waals surface area contributed by atoms with Crippen molar-refractivity contribution >= 4 is 26.7 Å². The molecule has 0 bridgehead atoms. The Morgan fingerprint density at radius 2 is 2.07 bits per heavy atom. The molecule has 1 aromatic heterocycles. The topological polar surface area (TPSA) is 103 Å². The van der Waals surface area contributed by atoms with Crippen molar-refractivity contribution < 1.29 is 22.4 Å². The summed E-state index contributed by atoms with van der Waals surface area (Å²) in [4.78, 5) is 24.8. The van der Waals surface area contributed by atoms with Crippen LogP contribution in [0.5, 0.6) is 5.75 Å². The third-order valence-electron chi connectivity index (χ3n) is 6.05. The van der Waals surface area contributed by atoms with Gasteiger partial charge in [-0.2, -0.15) is 0 Å². The molecule has 0 aliphatic carbocycles. The molecule has 0 radical (unpaired) electrons. The van der Waals surface area contributed by atoms with E-state index in [-0.39, 0.29) is 41.9 Å². The highest BCUT2D eigenvalue weighted by molar-refractivity contribution is 7.91. The average molecular weight is 434 g/mol. The number of amides is 1. The molecule has 30 heavy (non-hydrogen) atoms. The molecule has 2 aliphatic heterocycles. The molecular formula is C22H27NO6S. The number of hydrogen-bond donors (Lipinski definition) is 1. The third-order valence-corrected chi connectivity index (χ3v) is 7.82. The lowest BCUT2D eigenvalue weighted by atomic mass is 9.92. The van der Waals surface area contributed by atoms with Crippen LogP contribution in [0.1, 0.15) is 49.8 Å².